The number of fused-ring (bicyclic) bond motifs is 2. The van der Waals surface area contributed by atoms with Gasteiger partial charge in [-0.05, 0) is 25.7 Å². The van der Waals surface area contributed by atoms with Crippen molar-refractivity contribution in [3.05, 3.63) is 0 Å². The number of hydrogen-bond donors (Lipinski definition) is 1. The van der Waals surface area contributed by atoms with Gasteiger partial charge in [-0.1, -0.05) is 6.92 Å². The van der Waals surface area contributed by atoms with E-state index >= 15 is 0 Å². The quantitative estimate of drug-likeness (QED) is 0.693. The van der Waals surface area contributed by atoms with Gasteiger partial charge in [-0.25, -0.2) is 0 Å². The van der Waals surface area contributed by atoms with E-state index in [0.717, 1.165) is 19.3 Å². The molecule has 0 radical (unpaired) electrons. The highest BCUT2D eigenvalue weighted by atomic mass is 16.3. The summed E-state index contributed by atoms with van der Waals surface area (Å²) in [4.78, 5) is 25.2. The molecule has 4 nitrogen and oxygen atoms in total. The molecular weight excluding hydrogens is 194 g/mol. The highest BCUT2D eigenvalue weighted by molar-refractivity contribution is 6.01. The van der Waals surface area contributed by atoms with Crippen LogP contribution in [0.3, 0.4) is 0 Å². The number of aliphatic hydroxyl groups excluding tert-OH is 1. The number of aliphatic hydroxyl groups is 1. The second kappa shape index (κ2) is 3.93. The average Bonchev–Trinajstić information content (AvgIpc) is 2.68. The fraction of sp³-hybridized carbons (Fsp3) is 0.818. The molecule has 1 heterocycles. The predicted octanol–water partition coefficient (Wildman–Crippen LogP) is 0.542. The van der Waals surface area contributed by atoms with Crippen molar-refractivity contribution in [2.24, 2.45) is 11.8 Å². The molecule has 0 spiro atoms. The maximum Gasteiger partial charge on any atom is 0.232 e. The van der Waals surface area contributed by atoms with Crippen LogP contribution in [0.5, 0.6) is 0 Å². The Morgan fingerprint density at radius 3 is 2.27 bits per heavy atom. The third-order valence-corrected chi connectivity index (χ3v) is 3.65. The Labute approximate surface area is 89.3 Å². The first kappa shape index (κ1) is 10.6. The molecule has 0 aromatic rings. The number of carbonyl (C=O) groups is 2. The molecule has 15 heavy (non-hydrogen) atoms. The van der Waals surface area contributed by atoms with E-state index in [9.17, 15) is 9.59 Å². The van der Waals surface area contributed by atoms with E-state index in [2.05, 4.69) is 0 Å². The maximum absolute atomic E-state index is 11.9. The van der Waals surface area contributed by atoms with E-state index in [1.807, 2.05) is 6.92 Å². The van der Waals surface area contributed by atoms with Crippen LogP contribution in [0.15, 0.2) is 0 Å². The molecule has 1 saturated heterocycles. The highest BCUT2D eigenvalue weighted by Crippen LogP contribution is 2.39. The minimum absolute atomic E-state index is 0.0355. The van der Waals surface area contributed by atoms with Crippen molar-refractivity contribution in [2.45, 2.75) is 38.6 Å². The van der Waals surface area contributed by atoms with E-state index in [4.69, 9.17) is 5.11 Å². The Kier molecular flexibility index (Phi) is 2.78. The first-order valence-corrected chi connectivity index (χ1v) is 5.66. The molecule has 2 amide bonds. The van der Waals surface area contributed by atoms with Crippen LogP contribution in [0.25, 0.3) is 0 Å². The lowest BCUT2D eigenvalue weighted by Crippen LogP contribution is -2.52. The lowest BCUT2D eigenvalue weighted by Gasteiger charge is -2.34. The molecule has 1 saturated carbocycles. The van der Waals surface area contributed by atoms with Gasteiger partial charge in [0.05, 0.1) is 12.6 Å². The van der Waals surface area contributed by atoms with E-state index < -0.39 is 0 Å². The molecule has 1 N–H and O–H groups in total. The number of nitrogens with zero attached hydrogens (tertiary/aromatic N) is 1. The zero-order valence-corrected chi connectivity index (χ0v) is 8.98. The van der Waals surface area contributed by atoms with E-state index in [-0.39, 0.29) is 36.3 Å². The molecule has 0 aromatic heterocycles. The third kappa shape index (κ3) is 1.57. The van der Waals surface area contributed by atoms with Crippen LogP contribution in [0.4, 0.5) is 0 Å². The van der Waals surface area contributed by atoms with Crippen molar-refractivity contribution in [1.29, 1.82) is 0 Å². The van der Waals surface area contributed by atoms with Crippen molar-refractivity contribution < 1.29 is 14.7 Å². The molecule has 4 heteroatoms. The van der Waals surface area contributed by atoms with Crippen molar-refractivity contribution in [3.63, 3.8) is 0 Å². The Bertz CT molecular complexity index is 264. The van der Waals surface area contributed by atoms with E-state index in [1.54, 1.807) is 0 Å². The number of amides is 2. The number of piperidine rings is 1. The molecular formula is C11H17NO3. The summed E-state index contributed by atoms with van der Waals surface area (Å²) in [6.07, 6.45) is 3.05. The molecule has 2 aliphatic rings. The van der Waals surface area contributed by atoms with Crippen LogP contribution in [-0.2, 0) is 9.59 Å². The monoisotopic (exact) mass is 211 g/mol. The summed E-state index contributed by atoms with van der Waals surface area (Å²) in [5.74, 6) is -0.0501. The van der Waals surface area contributed by atoms with Crippen LogP contribution < -0.4 is 0 Å². The Balaban J connectivity index is 2.22. The molecule has 3 atom stereocenters. The predicted molar refractivity (Wildman–Crippen MR) is 53.8 cm³/mol. The SMILES string of the molecule is CCC(CO)N1C(=O)C2CCC(C2)C1=O. The maximum atomic E-state index is 11.9. The first-order valence-electron chi connectivity index (χ1n) is 5.66. The van der Waals surface area contributed by atoms with Crippen molar-refractivity contribution in [2.75, 3.05) is 6.61 Å². The van der Waals surface area contributed by atoms with E-state index in [0.29, 0.717) is 6.42 Å². The van der Waals surface area contributed by atoms with Crippen LogP contribution in [-0.4, -0.2) is 34.5 Å². The van der Waals surface area contributed by atoms with Gasteiger partial charge >= 0.3 is 0 Å². The van der Waals surface area contributed by atoms with Crippen molar-refractivity contribution in [3.8, 4) is 0 Å². The molecule has 3 unspecified atom stereocenters. The number of carbonyl (C=O) groups excluding carboxylic acids is 2. The van der Waals surface area contributed by atoms with Crippen LogP contribution >= 0.6 is 0 Å². The van der Waals surface area contributed by atoms with Gasteiger partial charge in [0.1, 0.15) is 0 Å². The molecule has 1 aliphatic carbocycles. The second-order valence-electron chi connectivity index (χ2n) is 4.50. The Morgan fingerprint density at radius 2 is 1.87 bits per heavy atom. The average molecular weight is 211 g/mol. The summed E-state index contributed by atoms with van der Waals surface area (Å²) in [5, 5.41) is 9.16. The lowest BCUT2D eigenvalue weighted by atomic mass is 9.95. The summed E-state index contributed by atoms with van der Waals surface area (Å²) >= 11 is 0. The smallest absolute Gasteiger partial charge is 0.232 e. The summed E-state index contributed by atoms with van der Waals surface area (Å²) in [5.41, 5.74) is 0. The van der Waals surface area contributed by atoms with Crippen LogP contribution in [0, 0.1) is 11.8 Å². The fourth-order valence-corrected chi connectivity index (χ4v) is 2.69. The molecule has 2 bridgehead atoms. The van der Waals surface area contributed by atoms with Crippen molar-refractivity contribution >= 4 is 11.8 Å². The Hall–Kier alpha value is -0.900. The standard InChI is InChI=1S/C11H17NO3/c1-2-9(6-13)12-10(14)7-3-4-8(5-7)11(12)15/h7-9,13H,2-6H2,1H3. The second-order valence-corrected chi connectivity index (χ2v) is 4.50. The topological polar surface area (TPSA) is 57.6 Å². The summed E-state index contributed by atoms with van der Waals surface area (Å²) < 4.78 is 0. The number of imide groups is 1. The van der Waals surface area contributed by atoms with Gasteiger partial charge in [-0.15, -0.1) is 0 Å². The Morgan fingerprint density at radius 1 is 1.33 bits per heavy atom. The summed E-state index contributed by atoms with van der Waals surface area (Å²) in [6.45, 7) is 1.77. The number of likely N-dealkylation sites (tertiary alicyclic amines) is 1. The zero-order valence-electron chi connectivity index (χ0n) is 8.98. The minimum atomic E-state index is -0.312. The molecule has 2 fully saturated rings. The molecule has 1 aliphatic heterocycles. The van der Waals surface area contributed by atoms with Crippen LogP contribution in [0.2, 0.25) is 0 Å². The summed E-state index contributed by atoms with van der Waals surface area (Å²) in [7, 11) is 0. The lowest BCUT2D eigenvalue weighted by molar-refractivity contribution is -0.157. The van der Waals surface area contributed by atoms with Gasteiger partial charge in [-0.2, -0.15) is 0 Å². The summed E-state index contributed by atoms with van der Waals surface area (Å²) in [6, 6.07) is -0.312. The normalized spacial score (nSPS) is 32.3. The molecule has 2 rings (SSSR count). The number of hydrogen-bond acceptors (Lipinski definition) is 3. The third-order valence-electron chi connectivity index (χ3n) is 3.65. The van der Waals surface area contributed by atoms with Gasteiger partial charge in [0, 0.05) is 11.8 Å². The molecule has 0 aromatic carbocycles. The highest BCUT2D eigenvalue weighted by Gasteiger charge is 2.46. The number of rotatable bonds is 3. The minimum Gasteiger partial charge on any atom is -0.394 e. The van der Waals surface area contributed by atoms with Crippen LogP contribution in [0.1, 0.15) is 32.6 Å². The fourth-order valence-electron chi connectivity index (χ4n) is 2.69. The largest absolute Gasteiger partial charge is 0.394 e. The zero-order chi connectivity index (χ0) is 11.0. The van der Waals surface area contributed by atoms with Gasteiger partial charge in [0.25, 0.3) is 0 Å². The molecule has 84 valence electrons. The van der Waals surface area contributed by atoms with Gasteiger partial charge in [0.15, 0.2) is 0 Å². The van der Waals surface area contributed by atoms with Gasteiger partial charge < -0.3 is 5.11 Å². The first-order chi connectivity index (χ1) is 7.19. The van der Waals surface area contributed by atoms with Gasteiger partial charge in [-0.3, -0.25) is 14.5 Å². The van der Waals surface area contributed by atoms with E-state index in [1.165, 1.54) is 4.90 Å². The van der Waals surface area contributed by atoms with Gasteiger partial charge in [0.2, 0.25) is 11.8 Å². The van der Waals surface area contributed by atoms with Crippen molar-refractivity contribution in [1.82, 2.24) is 4.90 Å².